The SMILES string of the molecule is CC[C@@]1(O)C(=O)OCc2c1cc1n(c2=O)Cc2c-1nc1cc(F)c(C)c3c1c2[C@@H](NC(=O)[C@H](OCNC(=O)CNC(=O)[C@H](Cc1ccccc1)NC(=O)CNC(=O)CNC(=O)[C@@H](CN(CC(=O)OC(C)(C)C)C(=O)OC(C)(C)C)N1C(=O)C=CC1=O)C(F)(F)F)CC3. The maximum absolute atomic E-state index is 15.5. The highest BCUT2D eigenvalue weighted by atomic mass is 19.4. The second-order valence-corrected chi connectivity index (χ2v) is 24.1. The van der Waals surface area contributed by atoms with Crippen LogP contribution in [0.25, 0.3) is 22.3 Å². The molecule has 27 nitrogen and oxygen atoms in total. The first-order chi connectivity index (χ1) is 43.1. The number of carbonyl (C=O) groups excluding carboxylic acids is 11. The molecule has 8 rings (SSSR count). The van der Waals surface area contributed by atoms with Gasteiger partial charge in [0.25, 0.3) is 23.3 Å². The zero-order valence-electron chi connectivity index (χ0n) is 51.3. The van der Waals surface area contributed by atoms with Gasteiger partial charge in [0.05, 0.1) is 61.2 Å². The molecule has 3 aliphatic heterocycles. The van der Waals surface area contributed by atoms with Crippen LogP contribution in [0.4, 0.5) is 22.4 Å². The number of nitrogens with one attached hydrogen (secondary N) is 6. The summed E-state index contributed by atoms with van der Waals surface area (Å²) in [6.07, 6.45) is -8.30. The number of carbonyl (C=O) groups is 11. The molecule has 31 heteroatoms. The predicted octanol–water partition coefficient (Wildman–Crippen LogP) is 1.60. The highest BCUT2D eigenvalue weighted by molar-refractivity contribution is 6.15. The van der Waals surface area contributed by atoms with Gasteiger partial charge in [0.15, 0.2) is 5.60 Å². The summed E-state index contributed by atoms with van der Waals surface area (Å²) in [4.78, 5) is 165. The van der Waals surface area contributed by atoms with Gasteiger partial charge in [0, 0.05) is 41.2 Å². The van der Waals surface area contributed by atoms with E-state index < -0.39 is 170 Å². The van der Waals surface area contributed by atoms with Gasteiger partial charge in [-0.2, -0.15) is 13.2 Å². The van der Waals surface area contributed by atoms with Gasteiger partial charge < -0.3 is 60.5 Å². The minimum absolute atomic E-state index is 0.00638. The van der Waals surface area contributed by atoms with Crippen molar-refractivity contribution in [1.29, 1.82) is 0 Å². The van der Waals surface area contributed by atoms with Crippen LogP contribution in [0.15, 0.2) is 59.4 Å². The number of hydrogen-bond donors (Lipinski definition) is 7. The number of amides is 9. The van der Waals surface area contributed by atoms with Crippen LogP contribution < -0.4 is 37.5 Å². The van der Waals surface area contributed by atoms with Gasteiger partial charge in [0.1, 0.15) is 49.0 Å². The Morgan fingerprint density at radius 2 is 1.45 bits per heavy atom. The second kappa shape index (κ2) is 27.0. The number of benzene rings is 2. The van der Waals surface area contributed by atoms with Gasteiger partial charge in [-0.15, -0.1) is 0 Å². The van der Waals surface area contributed by atoms with Gasteiger partial charge in [-0.05, 0) is 96.0 Å². The summed E-state index contributed by atoms with van der Waals surface area (Å²) < 4.78 is 81.9. The molecule has 2 aromatic heterocycles. The van der Waals surface area contributed by atoms with Crippen LogP contribution in [0, 0.1) is 12.7 Å². The van der Waals surface area contributed by atoms with Gasteiger partial charge in [-0.25, -0.2) is 19.0 Å². The van der Waals surface area contributed by atoms with Crippen LogP contribution in [0.5, 0.6) is 0 Å². The smallest absolute Gasteiger partial charge is 0.423 e. The van der Waals surface area contributed by atoms with Crippen molar-refractivity contribution in [1.82, 2.24) is 51.3 Å². The number of ether oxygens (including phenoxy) is 4. The Balaban J connectivity index is 0.881. The molecular weight excluding hydrogens is 1220 g/mol. The number of imide groups is 1. The number of hydrogen-bond acceptors (Lipinski definition) is 18. The van der Waals surface area contributed by atoms with Gasteiger partial charge in [-0.1, -0.05) is 37.3 Å². The molecule has 5 atom stereocenters. The molecule has 0 bridgehead atoms. The lowest BCUT2D eigenvalue weighted by atomic mass is 9.81. The van der Waals surface area contributed by atoms with Crippen LogP contribution in [0.1, 0.15) is 106 Å². The third-order valence-electron chi connectivity index (χ3n) is 15.2. The lowest BCUT2D eigenvalue weighted by Crippen LogP contribution is -2.57. The molecule has 4 aliphatic rings. The summed E-state index contributed by atoms with van der Waals surface area (Å²) in [6.45, 7) is 6.25. The van der Waals surface area contributed by atoms with Crippen molar-refractivity contribution in [2.24, 2.45) is 0 Å². The zero-order chi connectivity index (χ0) is 67.5. The fourth-order valence-electron chi connectivity index (χ4n) is 10.9. The molecule has 492 valence electrons. The van der Waals surface area contributed by atoms with Crippen molar-refractivity contribution in [2.75, 3.05) is 39.5 Å². The average molecular weight is 1290 g/mol. The summed E-state index contributed by atoms with van der Waals surface area (Å²) in [6, 6.07) is 6.16. The van der Waals surface area contributed by atoms with Crippen molar-refractivity contribution in [3.05, 3.63) is 110 Å². The summed E-state index contributed by atoms with van der Waals surface area (Å²) in [5, 5.41) is 25.3. The number of cyclic esters (lactones) is 1. The predicted molar refractivity (Wildman–Crippen MR) is 312 cm³/mol. The first kappa shape index (κ1) is 68.3. The summed E-state index contributed by atoms with van der Waals surface area (Å²) >= 11 is 0. The molecule has 0 spiro atoms. The number of esters is 2. The van der Waals surface area contributed by atoms with Gasteiger partial charge in [0.2, 0.25) is 35.6 Å². The molecule has 2 aromatic carbocycles. The number of aromatic nitrogens is 2. The molecule has 7 N–H and O–H groups in total. The Morgan fingerprint density at radius 1 is 0.815 bits per heavy atom. The van der Waals surface area contributed by atoms with Crippen molar-refractivity contribution >= 4 is 76.2 Å². The molecule has 0 radical (unpaired) electrons. The van der Waals surface area contributed by atoms with Crippen molar-refractivity contribution < 1.29 is 94.4 Å². The lowest BCUT2D eigenvalue weighted by Gasteiger charge is -2.32. The third-order valence-corrected chi connectivity index (χ3v) is 15.2. The van der Waals surface area contributed by atoms with E-state index in [4.69, 9.17) is 23.9 Å². The number of alkyl halides is 3. The maximum atomic E-state index is 15.5. The Kier molecular flexibility index (Phi) is 20.1. The van der Waals surface area contributed by atoms with Crippen molar-refractivity contribution in [3.63, 3.8) is 0 Å². The Labute approximate surface area is 522 Å². The highest BCUT2D eigenvalue weighted by Gasteiger charge is 2.49. The lowest BCUT2D eigenvalue weighted by molar-refractivity contribution is -0.220. The van der Waals surface area contributed by atoms with E-state index in [1.807, 2.05) is 5.32 Å². The summed E-state index contributed by atoms with van der Waals surface area (Å²) in [5.41, 5.74) is -2.93. The number of aliphatic hydroxyl groups is 1. The second-order valence-electron chi connectivity index (χ2n) is 24.1. The summed E-state index contributed by atoms with van der Waals surface area (Å²) in [7, 11) is 0. The molecule has 5 heterocycles. The topological polar surface area (TPSA) is 358 Å². The normalized spacial score (nSPS) is 17.5. The molecular formula is C61H68F4N10O17. The minimum atomic E-state index is -5.38. The Bertz CT molecular complexity index is 3770. The average Bonchev–Trinajstić information content (AvgIpc) is 1.46. The zero-order valence-corrected chi connectivity index (χ0v) is 51.3. The number of nitrogens with zero attached hydrogens (tertiary/aromatic N) is 4. The fourth-order valence-corrected chi connectivity index (χ4v) is 10.9. The summed E-state index contributed by atoms with van der Waals surface area (Å²) in [5.74, 6) is -11.4. The number of fused-ring (bicyclic) bond motifs is 5. The van der Waals surface area contributed by atoms with E-state index in [2.05, 4.69) is 26.6 Å². The minimum Gasteiger partial charge on any atom is -0.459 e. The molecule has 92 heavy (non-hydrogen) atoms. The third kappa shape index (κ3) is 15.4. The van der Waals surface area contributed by atoms with Gasteiger partial charge >= 0.3 is 24.2 Å². The first-order valence-corrected chi connectivity index (χ1v) is 29.1. The molecule has 1 aliphatic carbocycles. The van der Waals surface area contributed by atoms with E-state index in [-0.39, 0.29) is 71.4 Å². The van der Waals surface area contributed by atoms with E-state index in [1.54, 1.807) is 51.1 Å². The molecule has 0 unspecified atom stereocenters. The standard InChI is InChI=1S/C61H68F4N10O17/c1-9-60(88)35-20-40-50-33(25-74(40)55(85)34(35)28-89-56(60)86)49-37(16-15-32-30(2)36(62)21-38(71-50)48(32)49)72-54(84)51(61(63,64)65)90-29-69-43(77)23-67-52(82)39(19-31-13-11-10-12-14-31)70-44(78)24-66-42(76)22-68-53(83)41(75-45(79)17-18-46(75)80)26-73(57(87)92-59(6,7)8)27-47(81)91-58(3,4)5/h10-14,17-18,20-21,37,39,41,51,88H,9,15-16,19,22-29H2,1-8H3,(H,66,76)(H,67,82)(H,68,83)(H,69,77)(H,70,78)(H,72,84)/t37-,39-,41+,51-,60-/m0/s1. The molecule has 4 aromatic rings. The number of aryl methyl sites for hydroxylation is 1. The van der Waals surface area contributed by atoms with Crippen LogP contribution in [-0.4, -0.2) is 165 Å². The maximum Gasteiger partial charge on any atom is 0.423 e. The Hall–Kier alpha value is -9.65. The number of pyridine rings is 2. The van der Waals surface area contributed by atoms with E-state index in [0.717, 1.165) is 23.1 Å². The monoisotopic (exact) mass is 1290 g/mol. The van der Waals surface area contributed by atoms with Crippen LogP contribution in [-0.2, 0) is 98.5 Å². The first-order valence-electron chi connectivity index (χ1n) is 29.1. The number of rotatable bonds is 22. The van der Waals surface area contributed by atoms with Crippen LogP contribution in [0.3, 0.4) is 0 Å². The fraction of sp³-hybridized carbons (Fsp3) is 0.459. The van der Waals surface area contributed by atoms with E-state index in [9.17, 15) is 75.8 Å². The van der Waals surface area contributed by atoms with Crippen molar-refractivity contribution in [2.45, 2.75) is 141 Å². The van der Waals surface area contributed by atoms with E-state index in [1.165, 1.54) is 45.3 Å². The van der Waals surface area contributed by atoms with Crippen molar-refractivity contribution in [3.8, 4) is 11.4 Å². The highest BCUT2D eigenvalue weighted by Crippen LogP contribution is 2.46. The Morgan fingerprint density at radius 3 is 2.08 bits per heavy atom. The largest absolute Gasteiger partial charge is 0.459 e. The van der Waals surface area contributed by atoms with Crippen LogP contribution >= 0.6 is 0 Å². The van der Waals surface area contributed by atoms with Crippen LogP contribution in [0.2, 0.25) is 0 Å². The molecule has 9 amide bonds. The van der Waals surface area contributed by atoms with E-state index >= 15 is 4.39 Å². The van der Waals surface area contributed by atoms with Gasteiger partial charge in [-0.3, -0.25) is 57.7 Å². The molecule has 0 saturated heterocycles. The molecule has 0 fully saturated rings. The van der Waals surface area contributed by atoms with E-state index in [0.29, 0.717) is 27.0 Å². The molecule has 0 saturated carbocycles. The number of halogens is 4. The quantitative estimate of drug-likeness (QED) is 0.0170.